The first-order chi connectivity index (χ1) is 24.7. The highest BCUT2D eigenvalue weighted by Gasteiger charge is 2.23. The molecule has 6 rings (SSSR count). The molecule has 0 radical (unpaired) electrons. The van der Waals surface area contributed by atoms with Gasteiger partial charge in [-0.2, -0.15) is 0 Å². The van der Waals surface area contributed by atoms with Crippen LogP contribution in [0.2, 0.25) is 0 Å². The normalized spacial score (nSPS) is 12.6. The minimum absolute atomic E-state index is 1.07. The van der Waals surface area contributed by atoms with Gasteiger partial charge in [0.05, 0.1) is 0 Å². The molecule has 4 aromatic carbocycles. The second-order valence-electron chi connectivity index (χ2n) is 14.7. The lowest BCUT2D eigenvalue weighted by Crippen LogP contribution is -2.01. The molecule has 0 aliphatic heterocycles. The third-order valence-electron chi connectivity index (χ3n) is 10.9. The summed E-state index contributed by atoms with van der Waals surface area (Å²) >= 11 is 0. The molecule has 0 bridgehead atoms. The molecular formula is C50H64. The summed E-state index contributed by atoms with van der Waals surface area (Å²) in [5.74, 6) is 0. The fourth-order valence-electron chi connectivity index (χ4n) is 7.99. The van der Waals surface area contributed by atoms with E-state index < -0.39 is 0 Å². The van der Waals surface area contributed by atoms with Gasteiger partial charge in [0.1, 0.15) is 0 Å². The Morgan fingerprint density at radius 2 is 1.00 bits per heavy atom. The summed E-state index contributed by atoms with van der Waals surface area (Å²) in [6.07, 6.45) is 32.4. The number of benzene rings is 4. The molecule has 0 spiro atoms. The standard InChI is InChI=1S/C25H34.C25H30/c2*1-3-5-7-9-13-20-17-18-24-23-16-12-11-14-21(23)19-25(24)22(20)15-10-8-6-4-2/h11-12,14,16-18H,3-10,13,15,19H2,1-2H3;9-18H,3-8,19H2,1-2H3. The number of allylic oxidation sites excluding steroid dienone is 2. The highest BCUT2D eigenvalue weighted by atomic mass is 14.3. The third-order valence-corrected chi connectivity index (χ3v) is 10.9. The minimum Gasteiger partial charge on any atom is -0.0839 e. The van der Waals surface area contributed by atoms with Crippen LogP contribution < -0.4 is 0 Å². The van der Waals surface area contributed by atoms with E-state index in [1.807, 2.05) is 0 Å². The Hall–Kier alpha value is -3.64. The third kappa shape index (κ3) is 9.78. The van der Waals surface area contributed by atoms with Crippen LogP contribution in [0.15, 0.2) is 84.9 Å². The Balaban J connectivity index is 0.000000194. The van der Waals surface area contributed by atoms with Crippen molar-refractivity contribution < 1.29 is 0 Å². The average molecular weight is 665 g/mol. The maximum atomic E-state index is 2.45. The van der Waals surface area contributed by atoms with Crippen LogP contribution >= 0.6 is 0 Å². The Labute approximate surface area is 306 Å². The lowest BCUT2D eigenvalue weighted by Gasteiger charge is -2.15. The molecule has 0 heteroatoms. The highest BCUT2D eigenvalue weighted by Crippen LogP contribution is 2.41. The van der Waals surface area contributed by atoms with Crippen LogP contribution in [0.5, 0.6) is 0 Å². The van der Waals surface area contributed by atoms with Crippen LogP contribution in [0.25, 0.3) is 34.4 Å². The van der Waals surface area contributed by atoms with Gasteiger partial charge in [-0.1, -0.05) is 189 Å². The summed E-state index contributed by atoms with van der Waals surface area (Å²) in [6, 6.07) is 27.3. The summed E-state index contributed by atoms with van der Waals surface area (Å²) in [6.45, 7) is 9.11. The van der Waals surface area contributed by atoms with Gasteiger partial charge in [0.2, 0.25) is 0 Å². The maximum Gasteiger partial charge on any atom is -0.000729 e. The van der Waals surface area contributed by atoms with E-state index in [2.05, 4.69) is 125 Å². The van der Waals surface area contributed by atoms with Crippen molar-refractivity contribution in [1.29, 1.82) is 0 Å². The van der Waals surface area contributed by atoms with E-state index >= 15 is 0 Å². The van der Waals surface area contributed by atoms with Gasteiger partial charge in [-0.3, -0.25) is 0 Å². The minimum atomic E-state index is 1.07. The molecule has 0 atom stereocenters. The first-order valence-electron chi connectivity index (χ1n) is 20.5. The van der Waals surface area contributed by atoms with Gasteiger partial charge in [0.25, 0.3) is 0 Å². The Morgan fingerprint density at radius 1 is 0.460 bits per heavy atom. The molecule has 2 aliphatic carbocycles. The molecule has 0 nitrogen and oxygen atoms in total. The second-order valence-corrected chi connectivity index (χ2v) is 14.7. The molecule has 2 aliphatic rings. The number of hydrogen-bond acceptors (Lipinski definition) is 0. The van der Waals surface area contributed by atoms with Gasteiger partial charge in [0, 0.05) is 0 Å². The molecule has 4 aromatic rings. The number of fused-ring (bicyclic) bond motifs is 6. The molecule has 0 heterocycles. The van der Waals surface area contributed by atoms with Crippen molar-refractivity contribution in [1.82, 2.24) is 0 Å². The predicted octanol–water partition coefficient (Wildman–Crippen LogP) is 15.2. The van der Waals surface area contributed by atoms with Gasteiger partial charge in [0.15, 0.2) is 0 Å². The SMILES string of the molecule is CCCCC=Cc1ccc2c(c1C=CCCCC)Cc1ccccc1-2.CCCCCCc1ccc2c(c1CCCCCC)Cc1ccccc1-2. The van der Waals surface area contributed by atoms with Gasteiger partial charge in [-0.15, -0.1) is 0 Å². The monoisotopic (exact) mass is 665 g/mol. The van der Waals surface area contributed by atoms with Gasteiger partial charge in [-0.05, 0) is 118 Å². The van der Waals surface area contributed by atoms with Crippen LogP contribution in [-0.2, 0) is 25.7 Å². The zero-order valence-electron chi connectivity index (χ0n) is 32.0. The Morgan fingerprint density at radius 3 is 1.64 bits per heavy atom. The quantitative estimate of drug-likeness (QED) is 0.0802. The molecular weight excluding hydrogens is 601 g/mol. The van der Waals surface area contributed by atoms with Crippen molar-refractivity contribution in [3.05, 3.63) is 129 Å². The van der Waals surface area contributed by atoms with E-state index in [1.54, 1.807) is 16.7 Å². The maximum absolute atomic E-state index is 2.45. The fourth-order valence-corrected chi connectivity index (χ4v) is 7.99. The largest absolute Gasteiger partial charge is 0.0839 e. The molecule has 0 N–H and O–H groups in total. The first kappa shape index (κ1) is 37.6. The zero-order chi connectivity index (χ0) is 35.0. The smallest absolute Gasteiger partial charge is 0.000729 e. The van der Waals surface area contributed by atoms with Crippen LogP contribution in [0.4, 0.5) is 0 Å². The highest BCUT2D eigenvalue weighted by molar-refractivity contribution is 5.84. The van der Waals surface area contributed by atoms with Crippen LogP contribution in [0.1, 0.15) is 162 Å². The van der Waals surface area contributed by atoms with E-state index in [-0.39, 0.29) is 0 Å². The zero-order valence-corrected chi connectivity index (χ0v) is 32.0. The van der Waals surface area contributed by atoms with E-state index in [9.17, 15) is 0 Å². The van der Waals surface area contributed by atoms with Crippen molar-refractivity contribution in [2.24, 2.45) is 0 Å². The number of hydrogen-bond donors (Lipinski definition) is 0. The van der Waals surface area contributed by atoms with Crippen molar-refractivity contribution in [2.45, 2.75) is 143 Å². The topological polar surface area (TPSA) is 0 Å². The predicted molar refractivity (Wildman–Crippen MR) is 222 cm³/mol. The van der Waals surface area contributed by atoms with E-state index in [1.165, 1.54) is 153 Å². The first-order valence-corrected chi connectivity index (χ1v) is 20.5. The fraction of sp³-hybridized carbons (Fsp3) is 0.440. The molecule has 50 heavy (non-hydrogen) atoms. The van der Waals surface area contributed by atoms with Crippen molar-refractivity contribution in [3.63, 3.8) is 0 Å². The van der Waals surface area contributed by atoms with Crippen molar-refractivity contribution >= 4 is 12.2 Å². The Kier molecular flexibility index (Phi) is 15.2. The molecule has 0 saturated carbocycles. The van der Waals surface area contributed by atoms with Crippen LogP contribution in [0.3, 0.4) is 0 Å². The summed E-state index contributed by atoms with van der Waals surface area (Å²) < 4.78 is 0. The van der Waals surface area contributed by atoms with Gasteiger partial charge >= 0.3 is 0 Å². The van der Waals surface area contributed by atoms with E-state index in [0.717, 1.165) is 12.8 Å². The van der Waals surface area contributed by atoms with Gasteiger partial charge in [-0.25, -0.2) is 0 Å². The lowest BCUT2D eigenvalue weighted by atomic mass is 9.90. The molecule has 264 valence electrons. The second kappa shape index (κ2) is 20.3. The molecule has 0 saturated heterocycles. The Bertz CT molecular complexity index is 1700. The van der Waals surface area contributed by atoms with E-state index in [0.29, 0.717) is 0 Å². The number of aryl methyl sites for hydroxylation is 1. The van der Waals surface area contributed by atoms with Crippen LogP contribution in [0, 0.1) is 0 Å². The van der Waals surface area contributed by atoms with Crippen LogP contribution in [-0.4, -0.2) is 0 Å². The number of rotatable bonds is 18. The summed E-state index contributed by atoms with van der Waals surface area (Å²) in [4.78, 5) is 0. The molecule has 0 aromatic heterocycles. The number of unbranched alkanes of at least 4 members (excludes halogenated alkanes) is 10. The lowest BCUT2D eigenvalue weighted by molar-refractivity contribution is 0.649. The van der Waals surface area contributed by atoms with Crippen molar-refractivity contribution in [2.75, 3.05) is 0 Å². The summed E-state index contributed by atoms with van der Waals surface area (Å²) in [5.41, 5.74) is 18.1. The van der Waals surface area contributed by atoms with Crippen molar-refractivity contribution in [3.8, 4) is 22.3 Å². The van der Waals surface area contributed by atoms with E-state index in [4.69, 9.17) is 0 Å². The molecule has 0 unspecified atom stereocenters. The average Bonchev–Trinajstić information content (AvgIpc) is 3.72. The van der Waals surface area contributed by atoms with Gasteiger partial charge < -0.3 is 0 Å². The summed E-state index contributed by atoms with van der Waals surface area (Å²) in [5, 5.41) is 0. The molecule has 0 fully saturated rings. The summed E-state index contributed by atoms with van der Waals surface area (Å²) in [7, 11) is 0. The molecule has 0 amide bonds.